The summed E-state index contributed by atoms with van der Waals surface area (Å²) in [6.07, 6.45) is 2.30. The van der Waals surface area contributed by atoms with Crippen LogP contribution in [0.5, 0.6) is 0 Å². The highest BCUT2D eigenvalue weighted by Gasteiger charge is 2.51. The standard InChI is InChI=1S/C14H22N2/c1-13(2,14(15)9-10-14)11-5-7-12(8-6-11)16(3)4/h5-8H,9-10,15H2,1-4H3. The summed E-state index contributed by atoms with van der Waals surface area (Å²) in [5.41, 5.74) is 9.03. The van der Waals surface area contributed by atoms with Crippen LogP contribution in [0.3, 0.4) is 0 Å². The van der Waals surface area contributed by atoms with E-state index in [9.17, 15) is 0 Å². The number of hydrogen-bond donors (Lipinski definition) is 1. The lowest BCUT2D eigenvalue weighted by Crippen LogP contribution is -2.43. The van der Waals surface area contributed by atoms with Gasteiger partial charge in [0.1, 0.15) is 0 Å². The number of nitrogens with two attached hydrogens (primary N) is 1. The average molecular weight is 218 g/mol. The SMILES string of the molecule is CN(C)c1ccc(C(C)(C)C2(N)CC2)cc1. The van der Waals surface area contributed by atoms with Crippen LogP contribution in [-0.2, 0) is 5.41 Å². The summed E-state index contributed by atoms with van der Waals surface area (Å²) in [6.45, 7) is 4.51. The van der Waals surface area contributed by atoms with Crippen LogP contribution >= 0.6 is 0 Å². The number of benzene rings is 1. The van der Waals surface area contributed by atoms with Crippen molar-refractivity contribution in [2.24, 2.45) is 5.73 Å². The van der Waals surface area contributed by atoms with E-state index in [1.54, 1.807) is 0 Å². The normalized spacial score (nSPS) is 18.3. The molecular weight excluding hydrogens is 196 g/mol. The molecule has 0 bridgehead atoms. The molecule has 1 aromatic rings. The van der Waals surface area contributed by atoms with Crippen LogP contribution in [0.4, 0.5) is 5.69 Å². The van der Waals surface area contributed by atoms with Crippen LogP contribution in [-0.4, -0.2) is 19.6 Å². The van der Waals surface area contributed by atoms with Crippen molar-refractivity contribution in [3.05, 3.63) is 29.8 Å². The van der Waals surface area contributed by atoms with Gasteiger partial charge in [0.15, 0.2) is 0 Å². The number of anilines is 1. The van der Waals surface area contributed by atoms with Crippen LogP contribution < -0.4 is 10.6 Å². The second kappa shape index (κ2) is 3.49. The minimum Gasteiger partial charge on any atom is -0.378 e. The van der Waals surface area contributed by atoms with Crippen LogP contribution in [0.1, 0.15) is 32.3 Å². The monoisotopic (exact) mass is 218 g/mol. The Morgan fingerprint density at radius 3 is 2.00 bits per heavy atom. The van der Waals surface area contributed by atoms with E-state index in [4.69, 9.17) is 5.73 Å². The molecule has 1 aliphatic carbocycles. The molecule has 88 valence electrons. The minimum atomic E-state index is 0.0205. The molecule has 16 heavy (non-hydrogen) atoms. The maximum absolute atomic E-state index is 6.34. The molecule has 0 saturated heterocycles. The number of hydrogen-bond acceptors (Lipinski definition) is 2. The molecule has 0 spiro atoms. The zero-order chi connectivity index (χ0) is 12.0. The highest BCUT2D eigenvalue weighted by molar-refractivity contribution is 5.48. The summed E-state index contributed by atoms with van der Waals surface area (Å²) in [5.74, 6) is 0. The van der Waals surface area contributed by atoms with Gasteiger partial charge in [-0.25, -0.2) is 0 Å². The Bertz CT molecular complexity index is 372. The summed E-state index contributed by atoms with van der Waals surface area (Å²) in [7, 11) is 4.12. The molecule has 1 aromatic carbocycles. The first-order chi connectivity index (χ1) is 7.37. The summed E-state index contributed by atoms with van der Waals surface area (Å²) < 4.78 is 0. The van der Waals surface area contributed by atoms with Crippen molar-refractivity contribution in [3.63, 3.8) is 0 Å². The molecular formula is C14H22N2. The summed E-state index contributed by atoms with van der Waals surface area (Å²) >= 11 is 0. The quantitative estimate of drug-likeness (QED) is 0.844. The highest BCUT2D eigenvalue weighted by Crippen LogP contribution is 2.49. The molecule has 1 fully saturated rings. The fourth-order valence-electron chi connectivity index (χ4n) is 2.22. The third-order valence-electron chi connectivity index (χ3n) is 4.14. The lowest BCUT2D eigenvalue weighted by Gasteiger charge is -2.33. The zero-order valence-electron chi connectivity index (χ0n) is 10.7. The maximum Gasteiger partial charge on any atom is 0.0361 e. The Morgan fingerprint density at radius 1 is 1.12 bits per heavy atom. The lowest BCUT2D eigenvalue weighted by molar-refractivity contribution is 0.391. The van der Waals surface area contributed by atoms with Crippen molar-refractivity contribution in [2.75, 3.05) is 19.0 Å². The van der Waals surface area contributed by atoms with Crippen LogP contribution in [0.15, 0.2) is 24.3 Å². The van der Waals surface area contributed by atoms with Gasteiger partial charge in [0, 0.05) is 30.7 Å². The van der Waals surface area contributed by atoms with Gasteiger partial charge < -0.3 is 10.6 Å². The molecule has 2 rings (SSSR count). The molecule has 1 saturated carbocycles. The fourth-order valence-corrected chi connectivity index (χ4v) is 2.22. The van der Waals surface area contributed by atoms with Gasteiger partial charge in [-0.3, -0.25) is 0 Å². The largest absolute Gasteiger partial charge is 0.378 e. The van der Waals surface area contributed by atoms with E-state index in [0.29, 0.717) is 0 Å². The van der Waals surface area contributed by atoms with E-state index in [1.807, 2.05) is 0 Å². The van der Waals surface area contributed by atoms with E-state index in [2.05, 4.69) is 57.1 Å². The molecule has 2 N–H and O–H groups in total. The molecule has 0 atom stereocenters. The van der Waals surface area contributed by atoms with Crippen LogP contribution in [0.2, 0.25) is 0 Å². The predicted molar refractivity (Wildman–Crippen MR) is 69.9 cm³/mol. The molecule has 0 aliphatic heterocycles. The zero-order valence-corrected chi connectivity index (χ0v) is 10.7. The summed E-state index contributed by atoms with van der Waals surface area (Å²) in [4.78, 5) is 2.12. The van der Waals surface area contributed by atoms with E-state index in [0.717, 1.165) is 12.8 Å². The Labute approximate surface area is 98.4 Å². The fraction of sp³-hybridized carbons (Fsp3) is 0.571. The van der Waals surface area contributed by atoms with Gasteiger partial charge in [0.05, 0.1) is 0 Å². The first kappa shape index (κ1) is 11.5. The topological polar surface area (TPSA) is 29.3 Å². The highest BCUT2D eigenvalue weighted by atomic mass is 15.1. The molecule has 2 heteroatoms. The summed E-state index contributed by atoms with van der Waals surface area (Å²) in [5, 5.41) is 0. The maximum atomic E-state index is 6.34. The van der Waals surface area contributed by atoms with Gasteiger partial charge in [-0.15, -0.1) is 0 Å². The first-order valence-electron chi connectivity index (χ1n) is 5.94. The van der Waals surface area contributed by atoms with Gasteiger partial charge in [0.2, 0.25) is 0 Å². The summed E-state index contributed by atoms with van der Waals surface area (Å²) in [6, 6.07) is 8.76. The van der Waals surface area contributed by atoms with Gasteiger partial charge in [-0.2, -0.15) is 0 Å². The average Bonchev–Trinajstić information content (AvgIpc) is 2.98. The Hall–Kier alpha value is -1.02. The molecule has 0 aromatic heterocycles. The van der Waals surface area contributed by atoms with E-state index < -0.39 is 0 Å². The Balaban J connectivity index is 2.28. The smallest absolute Gasteiger partial charge is 0.0361 e. The first-order valence-corrected chi connectivity index (χ1v) is 5.94. The van der Waals surface area contributed by atoms with Crippen LogP contribution in [0.25, 0.3) is 0 Å². The van der Waals surface area contributed by atoms with Crippen molar-refractivity contribution >= 4 is 5.69 Å². The second-order valence-corrected chi connectivity index (χ2v) is 5.72. The minimum absolute atomic E-state index is 0.0205. The third kappa shape index (κ3) is 1.71. The van der Waals surface area contributed by atoms with Crippen molar-refractivity contribution < 1.29 is 0 Å². The van der Waals surface area contributed by atoms with E-state index in [1.165, 1.54) is 11.3 Å². The second-order valence-electron chi connectivity index (χ2n) is 5.72. The third-order valence-corrected chi connectivity index (χ3v) is 4.14. The van der Waals surface area contributed by atoms with E-state index >= 15 is 0 Å². The molecule has 2 nitrogen and oxygen atoms in total. The predicted octanol–water partition coefficient (Wildman–Crippen LogP) is 2.52. The molecule has 1 aliphatic rings. The Morgan fingerprint density at radius 2 is 1.62 bits per heavy atom. The molecule has 0 heterocycles. The van der Waals surface area contributed by atoms with Gasteiger partial charge in [-0.1, -0.05) is 26.0 Å². The van der Waals surface area contributed by atoms with Gasteiger partial charge in [0.25, 0.3) is 0 Å². The molecule has 0 unspecified atom stereocenters. The van der Waals surface area contributed by atoms with Gasteiger partial charge in [-0.05, 0) is 30.5 Å². The lowest BCUT2D eigenvalue weighted by atomic mass is 9.76. The number of rotatable bonds is 3. The Kier molecular flexibility index (Phi) is 2.50. The van der Waals surface area contributed by atoms with Crippen LogP contribution in [0, 0.1) is 0 Å². The van der Waals surface area contributed by atoms with Crippen molar-refractivity contribution in [1.29, 1.82) is 0 Å². The van der Waals surface area contributed by atoms with Crippen molar-refractivity contribution in [2.45, 2.75) is 37.6 Å². The number of nitrogens with zero attached hydrogens (tertiary/aromatic N) is 1. The molecule has 0 amide bonds. The van der Waals surface area contributed by atoms with Crippen molar-refractivity contribution in [3.8, 4) is 0 Å². The van der Waals surface area contributed by atoms with Crippen molar-refractivity contribution in [1.82, 2.24) is 0 Å². The van der Waals surface area contributed by atoms with Gasteiger partial charge >= 0.3 is 0 Å². The molecule has 0 radical (unpaired) electrons. The van der Waals surface area contributed by atoms with E-state index in [-0.39, 0.29) is 11.0 Å².